The first kappa shape index (κ1) is 26.4. The van der Waals surface area contributed by atoms with Crippen LogP contribution >= 0.6 is 0 Å². The molecule has 2 bridgehead atoms. The fraction of sp³-hybridized carbons (Fsp3) is 0.719. The molecular weight excluding hydrogens is 512 g/mol. The fourth-order valence-electron chi connectivity index (χ4n) is 10.9. The van der Waals surface area contributed by atoms with Gasteiger partial charge in [-0.15, -0.1) is 0 Å². The Morgan fingerprint density at radius 1 is 1.10 bits per heavy atom. The Kier molecular flexibility index (Phi) is 5.08. The van der Waals surface area contributed by atoms with Crippen LogP contribution in [0.15, 0.2) is 36.0 Å². The fourth-order valence-corrected chi connectivity index (χ4v) is 10.9. The lowest BCUT2D eigenvalue weighted by Gasteiger charge is -2.45. The van der Waals surface area contributed by atoms with Gasteiger partial charge in [0.25, 0.3) is 0 Å². The molecule has 2 aliphatic heterocycles. The van der Waals surface area contributed by atoms with E-state index in [0.717, 1.165) is 5.57 Å². The zero-order valence-corrected chi connectivity index (χ0v) is 23.9. The molecule has 5 aliphatic carbocycles. The zero-order chi connectivity index (χ0) is 28.8. The molecule has 5 fully saturated rings. The summed E-state index contributed by atoms with van der Waals surface area (Å²) in [6.07, 6.45) is 6.62. The smallest absolute Gasteiger partial charge is 0.334 e. The van der Waals surface area contributed by atoms with Crippen LogP contribution in [0.3, 0.4) is 0 Å². The first-order chi connectivity index (χ1) is 18.6. The highest BCUT2D eigenvalue weighted by Crippen LogP contribution is 2.80. The van der Waals surface area contributed by atoms with E-state index in [4.69, 9.17) is 14.2 Å². The van der Waals surface area contributed by atoms with Gasteiger partial charge in [0.2, 0.25) is 0 Å². The van der Waals surface area contributed by atoms with Crippen molar-refractivity contribution in [2.24, 2.45) is 45.8 Å². The lowest BCUT2D eigenvalue weighted by Crippen LogP contribution is -2.51. The van der Waals surface area contributed by atoms with E-state index in [2.05, 4.69) is 31.7 Å². The first-order valence-electron chi connectivity index (χ1n) is 14.7. The number of allylic oxidation sites excluding steroid dienone is 2. The van der Waals surface area contributed by atoms with Gasteiger partial charge in [0, 0.05) is 52.9 Å². The number of ether oxygens (including phenoxy) is 3. The Labute approximate surface area is 234 Å². The lowest BCUT2D eigenvalue weighted by atomic mass is 9.55. The Balaban J connectivity index is 1.42. The van der Waals surface area contributed by atoms with Crippen LogP contribution in [-0.4, -0.2) is 57.6 Å². The average Bonchev–Trinajstić information content (AvgIpc) is 3.57. The Hall–Kier alpha value is -2.45. The van der Waals surface area contributed by atoms with Crippen molar-refractivity contribution in [3.05, 3.63) is 36.0 Å². The largest absolute Gasteiger partial charge is 0.461 e. The van der Waals surface area contributed by atoms with Gasteiger partial charge in [0.15, 0.2) is 0 Å². The lowest BCUT2D eigenvalue weighted by molar-refractivity contribution is -0.173. The number of carbonyl (C=O) groups excluding carboxylic acids is 3. The van der Waals surface area contributed by atoms with E-state index in [0.29, 0.717) is 31.3 Å². The number of carbonyl (C=O) groups is 3. The second-order valence-electron chi connectivity index (χ2n) is 14.4. The molecule has 2 saturated heterocycles. The molecule has 216 valence electrons. The molecule has 0 aromatic rings. The minimum absolute atomic E-state index is 0.213. The average molecular weight is 553 g/mol. The molecule has 13 atom stereocenters. The van der Waals surface area contributed by atoms with Gasteiger partial charge in [-0.25, -0.2) is 4.79 Å². The molecular formula is C32H40O8. The van der Waals surface area contributed by atoms with E-state index < -0.39 is 57.7 Å². The molecule has 0 amide bonds. The third-order valence-electron chi connectivity index (χ3n) is 12.9. The van der Waals surface area contributed by atoms with Crippen molar-refractivity contribution in [1.82, 2.24) is 0 Å². The molecule has 8 heteroatoms. The minimum atomic E-state index is -1.32. The van der Waals surface area contributed by atoms with Crippen molar-refractivity contribution in [2.45, 2.75) is 96.2 Å². The van der Waals surface area contributed by atoms with Crippen molar-refractivity contribution in [3.8, 4) is 0 Å². The van der Waals surface area contributed by atoms with Crippen LogP contribution in [0.1, 0.15) is 66.7 Å². The van der Waals surface area contributed by atoms with Crippen LogP contribution in [-0.2, 0) is 28.6 Å². The van der Waals surface area contributed by atoms with Crippen LogP contribution in [0, 0.1) is 45.8 Å². The SMILES string of the molecule is C=C1C(=O)OC2C1CC[C@@](C)(O)C13C=CC(C)(C21)C1(C3)C(=O)O[C@@H]2C3C(C)=CCC3[C@](C)(O)[C@H](OC(C)=O)CC21. The third-order valence-corrected chi connectivity index (χ3v) is 12.9. The normalized spacial score (nSPS) is 55.6. The monoisotopic (exact) mass is 552 g/mol. The van der Waals surface area contributed by atoms with E-state index in [9.17, 15) is 24.6 Å². The van der Waals surface area contributed by atoms with Gasteiger partial charge >= 0.3 is 17.9 Å². The minimum Gasteiger partial charge on any atom is -0.461 e. The quantitative estimate of drug-likeness (QED) is 0.220. The summed E-state index contributed by atoms with van der Waals surface area (Å²) in [6, 6.07) is 0. The number of hydrogen-bond donors (Lipinski definition) is 2. The van der Waals surface area contributed by atoms with Gasteiger partial charge in [-0.3, -0.25) is 9.59 Å². The standard InChI is InChI=1S/C32H40O8/c1-15-7-8-19-22(15)24-20(13-21(30(19,6)37)38-17(3)33)32(27(35)40-24)14-31-12-11-28(32,4)25(31)23-18(9-10-29(31,5)36)16(2)26(34)39-23/h7,11-12,18-25,36-37H,2,8-10,13-14H2,1,3-6H3/t18?,19?,20?,21-,22?,23?,24+,25?,28?,29-,30+,31?,32?/m1/s1. The van der Waals surface area contributed by atoms with E-state index in [1.807, 2.05) is 13.8 Å². The molecule has 2 N–H and O–H groups in total. The number of rotatable bonds is 1. The number of fused-ring (bicyclic) bond motifs is 6. The van der Waals surface area contributed by atoms with Gasteiger partial charge in [0.05, 0.1) is 11.0 Å². The Morgan fingerprint density at radius 2 is 1.82 bits per heavy atom. The van der Waals surface area contributed by atoms with Gasteiger partial charge < -0.3 is 24.4 Å². The maximum absolute atomic E-state index is 14.5. The third kappa shape index (κ3) is 2.78. The van der Waals surface area contributed by atoms with Gasteiger partial charge in [-0.2, -0.15) is 0 Å². The van der Waals surface area contributed by atoms with Crippen LogP contribution in [0.25, 0.3) is 0 Å². The van der Waals surface area contributed by atoms with Crippen molar-refractivity contribution < 1.29 is 38.8 Å². The number of aliphatic hydroxyl groups is 2. The number of hydrogen-bond acceptors (Lipinski definition) is 8. The zero-order valence-electron chi connectivity index (χ0n) is 23.9. The summed E-state index contributed by atoms with van der Waals surface area (Å²) in [4.78, 5) is 39.5. The maximum Gasteiger partial charge on any atom is 0.334 e. The summed E-state index contributed by atoms with van der Waals surface area (Å²) in [6.45, 7) is 13.0. The predicted molar refractivity (Wildman–Crippen MR) is 142 cm³/mol. The Bertz CT molecular complexity index is 1310. The summed E-state index contributed by atoms with van der Waals surface area (Å²) in [7, 11) is 0. The molecule has 0 radical (unpaired) electrons. The molecule has 0 aromatic heterocycles. The summed E-state index contributed by atoms with van der Waals surface area (Å²) in [5.41, 5.74) is -3.69. The highest BCUT2D eigenvalue weighted by molar-refractivity contribution is 5.91. The highest BCUT2D eigenvalue weighted by Gasteiger charge is 2.84. The van der Waals surface area contributed by atoms with E-state index in [-0.39, 0.29) is 42.0 Å². The molecule has 40 heavy (non-hydrogen) atoms. The van der Waals surface area contributed by atoms with Crippen molar-refractivity contribution in [2.75, 3.05) is 0 Å². The topological polar surface area (TPSA) is 119 Å². The summed E-state index contributed by atoms with van der Waals surface area (Å²) in [5, 5.41) is 24.1. The van der Waals surface area contributed by atoms with Crippen LogP contribution in [0.2, 0.25) is 0 Å². The van der Waals surface area contributed by atoms with Crippen LogP contribution < -0.4 is 0 Å². The van der Waals surface area contributed by atoms with Crippen molar-refractivity contribution >= 4 is 17.9 Å². The summed E-state index contributed by atoms with van der Waals surface area (Å²) >= 11 is 0. The molecule has 1 spiro atoms. The number of esters is 3. The molecule has 8 nitrogen and oxygen atoms in total. The molecule has 9 unspecified atom stereocenters. The van der Waals surface area contributed by atoms with E-state index >= 15 is 0 Å². The molecule has 7 aliphatic rings. The van der Waals surface area contributed by atoms with Crippen molar-refractivity contribution in [3.63, 3.8) is 0 Å². The van der Waals surface area contributed by atoms with E-state index in [1.165, 1.54) is 6.92 Å². The van der Waals surface area contributed by atoms with Crippen molar-refractivity contribution in [1.29, 1.82) is 0 Å². The molecule has 2 heterocycles. The molecule has 7 rings (SSSR count). The molecule has 3 saturated carbocycles. The summed E-state index contributed by atoms with van der Waals surface area (Å²) in [5.74, 6) is -2.66. The first-order valence-corrected chi connectivity index (χ1v) is 14.7. The molecule has 0 aromatic carbocycles. The highest BCUT2D eigenvalue weighted by atomic mass is 16.6. The van der Waals surface area contributed by atoms with Gasteiger partial charge in [0.1, 0.15) is 23.9 Å². The Morgan fingerprint density at radius 3 is 2.52 bits per heavy atom. The second kappa shape index (κ2) is 7.68. The predicted octanol–water partition coefficient (Wildman–Crippen LogP) is 3.41. The summed E-state index contributed by atoms with van der Waals surface area (Å²) < 4.78 is 18.3. The van der Waals surface area contributed by atoms with E-state index in [1.54, 1.807) is 6.92 Å². The second-order valence-corrected chi connectivity index (χ2v) is 14.4. The van der Waals surface area contributed by atoms with Crippen LogP contribution in [0.5, 0.6) is 0 Å². The van der Waals surface area contributed by atoms with Gasteiger partial charge in [-0.1, -0.05) is 37.3 Å². The van der Waals surface area contributed by atoms with Crippen LogP contribution in [0.4, 0.5) is 0 Å². The van der Waals surface area contributed by atoms with Gasteiger partial charge in [-0.05, 0) is 52.9 Å². The maximum atomic E-state index is 14.5.